The van der Waals surface area contributed by atoms with Crippen LogP contribution in [0, 0.1) is 13.8 Å². The molecule has 0 saturated heterocycles. The minimum absolute atomic E-state index is 0.250. The number of aromatic nitrogens is 2. The van der Waals surface area contributed by atoms with Gasteiger partial charge in [0.05, 0.1) is 0 Å². The maximum absolute atomic E-state index is 9.65. The molecule has 0 fully saturated rings. The number of fused-ring (bicyclic) bond motifs is 1. The summed E-state index contributed by atoms with van der Waals surface area (Å²) in [6, 6.07) is 17.7. The molecule has 0 aliphatic rings. The Hall–Kier alpha value is -3.27. The maximum atomic E-state index is 9.65. The summed E-state index contributed by atoms with van der Waals surface area (Å²) in [6.07, 6.45) is 3.00. The summed E-state index contributed by atoms with van der Waals surface area (Å²) in [5.41, 5.74) is 7.49. The van der Waals surface area contributed by atoms with Gasteiger partial charge in [0.15, 0.2) is 0 Å². The monoisotopic (exact) mass is 357 g/mol. The third kappa shape index (κ3) is 3.14. The van der Waals surface area contributed by atoms with Crippen LogP contribution in [0.3, 0.4) is 0 Å². The van der Waals surface area contributed by atoms with Crippen molar-refractivity contribution in [2.75, 3.05) is 5.32 Å². The lowest BCUT2D eigenvalue weighted by Crippen LogP contribution is -2.02. The summed E-state index contributed by atoms with van der Waals surface area (Å²) in [4.78, 5) is 4.87. The van der Waals surface area contributed by atoms with Crippen LogP contribution in [0.2, 0.25) is 0 Å². The van der Waals surface area contributed by atoms with Crippen molar-refractivity contribution in [3.63, 3.8) is 0 Å². The van der Waals surface area contributed by atoms with Gasteiger partial charge in [-0.25, -0.2) is 4.98 Å². The van der Waals surface area contributed by atoms with Crippen LogP contribution in [0.1, 0.15) is 23.6 Å². The number of nitrogens with zero attached hydrogens (tertiary/aromatic N) is 2. The highest BCUT2D eigenvalue weighted by Crippen LogP contribution is 2.34. The van der Waals surface area contributed by atoms with Gasteiger partial charge in [0, 0.05) is 17.4 Å². The number of pyridine rings is 1. The number of phenolic OH excluding ortho intramolecular Hbond substituents is 1. The van der Waals surface area contributed by atoms with Crippen LogP contribution in [0.15, 0.2) is 60.8 Å². The third-order valence-corrected chi connectivity index (χ3v) is 4.91. The molecule has 0 radical (unpaired) electrons. The minimum atomic E-state index is 0.250. The standard InChI is InChI=1S/C23H23N3O/c1-4-17-7-5-6-16(3)21(17)25-23-22(18-8-10-19(27)11-9-18)24-20-14-15(2)12-13-26(20)23/h5-14,25,27H,4H2,1-3H3. The van der Waals surface area contributed by atoms with Crippen molar-refractivity contribution in [2.24, 2.45) is 0 Å². The van der Waals surface area contributed by atoms with E-state index in [0.717, 1.165) is 34.8 Å². The third-order valence-electron chi connectivity index (χ3n) is 4.91. The first-order chi connectivity index (χ1) is 13.1. The van der Waals surface area contributed by atoms with Crippen molar-refractivity contribution in [3.05, 3.63) is 77.5 Å². The fourth-order valence-electron chi connectivity index (χ4n) is 3.41. The van der Waals surface area contributed by atoms with E-state index in [4.69, 9.17) is 4.98 Å². The van der Waals surface area contributed by atoms with Gasteiger partial charge in [-0.2, -0.15) is 0 Å². The van der Waals surface area contributed by atoms with Crippen molar-refractivity contribution >= 4 is 17.2 Å². The molecule has 136 valence electrons. The molecule has 0 spiro atoms. The number of benzene rings is 2. The van der Waals surface area contributed by atoms with E-state index < -0.39 is 0 Å². The first kappa shape index (κ1) is 17.2. The van der Waals surface area contributed by atoms with E-state index in [1.165, 1.54) is 16.7 Å². The topological polar surface area (TPSA) is 49.6 Å². The predicted molar refractivity (Wildman–Crippen MR) is 111 cm³/mol. The summed E-state index contributed by atoms with van der Waals surface area (Å²) in [6.45, 7) is 6.35. The molecule has 0 unspecified atom stereocenters. The lowest BCUT2D eigenvalue weighted by molar-refractivity contribution is 0.475. The molecule has 0 amide bonds. The van der Waals surface area contributed by atoms with Gasteiger partial charge in [-0.3, -0.25) is 4.40 Å². The van der Waals surface area contributed by atoms with Crippen LogP contribution < -0.4 is 5.32 Å². The van der Waals surface area contributed by atoms with Gasteiger partial charge < -0.3 is 10.4 Å². The number of phenols is 1. The molecule has 0 atom stereocenters. The molecule has 2 heterocycles. The Labute approximate surface area is 159 Å². The Morgan fingerprint density at radius 1 is 1.04 bits per heavy atom. The largest absolute Gasteiger partial charge is 0.508 e. The fourth-order valence-corrected chi connectivity index (χ4v) is 3.41. The lowest BCUT2D eigenvalue weighted by atomic mass is 10.1. The molecule has 0 saturated carbocycles. The molecule has 0 aliphatic heterocycles. The van der Waals surface area contributed by atoms with Crippen molar-refractivity contribution < 1.29 is 5.11 Å². The second-order valence-corrected chi connectivity index (χ2v) is 6.88. The van der Waals surface area contributed by atoms with Gasteiger partial charge in [-0.05, 0) is 73.4 Å². The zero-order valence-corrected chi connectivity index (χ0v) is 15.8. The Kier molecular flexibility index (Phi) is 4.32. The highest BCUT2D eigenvalue weighted by molar-refractivity contribution is 5.81. The van der Waals surface area contributed by atoms with E-state index in [1.54, 1.807) is 12.1 Å². The average molecular weight is 357 g/mol. The molecule has 4 heteroatoms. The van der Waals surface area contributed by atoms with Gasteiger partial charge in [-0.1, -0.05) is 25.1 Å². The number of aryl methyl sites for hydroxylation is 3. The molecule has 2 aromatic carbocycles. The van der Waals surface area contributed by atoms with E-state index in [9.17, 15) is 5.11 Å². The van der Waals surface area contributed by atoms with Crippen LogP contribution in [-0.4, -0.2) is 14.5 Å². The average Bonchev–Trinajstić information content (AvgIpc) is 3.01. The number of nitrogens with one attached hydrogen (secondary N) is 1. The molecular weight excluding hydrogens is 334 g/mol. The number of imidazole rings is 1. The summed E-state index contributed by atoms with van der Waals surface area (Å²) < 4.78 is 2.08. The summed E-state index contributed by atoms with van der Waals surface area (Å²) in [7, 11) is 0. The smallest absolute Gasteiger partial charge is 0.143 e. The van der Waals surface area contributed by atoms with Crippen molar-refractivity contribution in [3.8, 4) is 17.0 Å². The number of hydrogen-bond acceptors (Lipinski definition) is 3. The van der Waals surface area contributed by atoms with Crippen LogP contribution in [0.4, 0.5) is 11.5 Å². The molecule has 4 nitrogen and oxygen atoms in total. The lowest BCUT2D eigenvalue weighted by Gasteiger charge is -2.15. The number of para-hydroxylation sites is 1. The first-order valence-electron chi connectivity index (χ1n) is 9.20. The van der Waals surface area contributed by atoms with Gasteiger partial charge in [-0.15, -0.1) is 0 Å². The molecule has 4 aromatic rings. The van der Waals surface area contributed by atoms with Gasteiger partial charge in [0.25, 0.3) is 0 Å². The number of anilines is 2. The zero-order chi connectivity index (χ0) is 19.0. The quantitative estimate of drug-likeness (QED) is 0.498. The predicted octanol–water partition coefficient (Wildman–Crippen LogP) is 5.63. The Morgan fingerprint density at radius 2 is 1.81 bits per heavy atom. The van der Waals surface area contributed by atoms with Gasteiger partial charge >= 0.3 is 0 Å². The Morgan fingerprint density at radius 3 is 2.56 bits per heavy atom. The SMILES string of the molecule is CCc1cccc(C)c1Nc1c(-c2ccc(O)cc2)nc2cc(C)ccn12. The van der Waals surface area contributed by atoms with E-state index in [1.807, 2.05) is 18.3 Å². The second kappa shape index (κ2) is 6.80. The second-order valence-electron chi connectivity index (χ2n) is 6.88. The minimum Gasteiger partial charge on any atom is -0.508 e. The number of rotatable bonds is 4. The molecule has 4 rings (SSSR count). The van der Waals surface area contributed by atoms with E-state index in [0.29, 0.717) is 0 Å². The van der Waals surface area contributed by atoms with Crippen molar-refractivity contribution in [1.82, 2.24) is 9.38 Å². The highest BCUT2D eigenvalue weighted by atomic mass is 16.3. The van der Waals surface area contributed by atoms with Crippen LogP contribution in [0.25, 0.3) is 16.9 Å². The summed E-state index contributed by atoms with van der Waals surface area (Å²) >= 11 is 0. The molecule has 2 N–H and O–H groups in total. The first-order valence-corrected chi connectivity index (χ1v) is 9.20. The van der Waals surface area contributed by atoms with Crippen molar-refractivity contribution in [2.45, 2.75) is 27.2 Å². The molecule has 0 aliphatic carbocycles. The Bertz CT molecular complexity index is 1110. The van der Waals surface area contributed by atoms with Crippen LogP contribution in [-0.2, 0) is 6.42 Å². The number of hydrogen-bond donors (Lipinski definition) is 2. The fraction of sp³-hybridized carbons (Fsp3) is 0.174. The van der Waals surface area contributed by atoms with E-state index >= 15 is 0 Å². The van der Waals surface area contributed by atoms with E-state index in [2.05, 4.69) is 60.8 Å². The molecule has 27 heavy (non-hydrogen) atoms. The Balaban J connectivity index is 1.93. The molecule has 0 bridgehead atoms. The van der Waals surface area contributed by atoms with Crippen LogP contribution >= 0.6 is 0 Å². The molecular formula is C23H23N3O. The van der Waals surface area contributed by atoms with Gasteiger partial charge in [0.1, 0.15) is 22.9 Å². The zero-order valence-electron chi connectivity index (χ0n) is 15.8. The molecule has 2 aromatic heterocycles. The van der Waals surface area contributed by atoms with E-state index in [-0.39, 0.29) is 5.75 Å². The van der Waals surface area contributed by atoms with Gasteiger partial charge in [0.2, 0.25) is 0 Å². The number of aromatic hydroxyl groups is 1. The summed E-state index contributed by atoms with van der Waals surface area (Å²) in [5.74, 6) is 1.18. The normalized spacial score (nSPS) is 11.1. The highest BCUT2D eigenvalue weighted by Gasteiger charge is 2.16. The summed E-state index contributed by atoms with van der Waals surface area (Å²) in [5, 5.41) is 13.3. The van der Waals surface area contributed by atoms with Crippen LogP contribution in [0.5, 0.6) is 5.75 Å². The van der Waals surface area contributed by atoms with Crippen molar-refractivity contribution in [1.29, 1.82) is 0 Å². The maximum Gasteiger partial charge on any atom is 0.143 e.